The van der Waals surface area contributed by atoms with Crippen LogP contribution in [0.25, 0.3) is 0 Å². The van der Waals surface area contributed by atoms with E-state index >= 15 is 0 Å². The second-order valence-corrected chi connectivity index (χ2v) is 5.26. The molecule has 1 aromatic rings. The number of benzene rings is 1. The topological polar surface area (TPSA) is 52.3 Å². The Bertz CT molecular complexity index is 377. The summed E-state index contributed by atoms with van der Waals surface area (Å²) in [6, 6.07) is 5.29. The van der Waals surface area contributed by atoms with Crippen molar-refractivity contribution in [2.75, 3.05) is 12.3 Å². The Balaban J connectivity index is 2.86. The standard InChI is InChI=1S/C12H17NO2S/c1-4-15-12(14)9-5-6-11(10(13)7-9)16-8(2)3/h5-8H,4,13H2,1-3H3. The zero-order valence-corrected chi connectivity index (χ0v) is 10.6. The maximum Gasteiger partial charge on any atom is 0.338 e. The largest absolute Gasteiger partial charge is 0.462 e. The van der Waals surface area contributed by atoms with Gasteiger partial charge < -0.3 is 10.5 Å². The van der Waals surface area contributed by atoms with E-state index in [1.807, 2.05) is 6.07 Å². The van der Waals surface area contributed by atoms with Crippen LogP contribution in [-0.4, -0.2) is 17.8 Å². The lowest BCUT2D eigenvalue weighted by Gasteiger charge is -2.09. The number of rotatable bonds is 4. The molecule has 88 valence electrons. The molecule has 0 bridgehead atoms. The molecule has 0 heterocycles. The predicted octanol–water partition coefficient (Wildman–Crippen LogP) is 2.95. The van der Waals surface area contributed by atoms with Gasteiger partial charge in [-0.2, -0.15) is 0 Å². The molecule has 16 heavy (non-hydrogen) atoms. The maximum atomic E-state index is 11.4. The molecule has 2 N–H and O–H groups in total. The summed E-state index contributed by atoms with van der Waals surface area (Å²) in [5, 5.41) is 0.468. The van der Waals surface area contributed by atoms with Crippen LogP contribution in [0.1, 0.15) is 31.1 Å². The third-order valence-corrected chi connectivity index (χ3v) is 2.98. The third kappa shape index (κ3) is 3.45. The van der Waals surface area contributed by atoms with Crippen LogP contribution >= 0.6 is 11.8 Å². The molecule has 3 nitrogen and oxygen atoms in total. The van der Waals surface area contributed by atoms with Gasteiger partial charge in [0.1, 0.15) is 0 Å². The predicted molar refractivity (Wildman–Crippen MR) is 67.8 cm³/mol. The van der Waals surface area contributed by atoms with Gasteiger partial charge in [-0.3, -0.25) is 0 Å². The molecular formula is C12H17NO2S. The van der Waals surface area contributed by atoms with E-state index in [1.54, 1.807) is 30.8 Å². The van der Waals surface area contributed by atoms with Gasteiger partial charge in [0.2, 0.25) is 0 Å². The highest BCUT2D eigenvalue weighted by Gasteiger charge is 2.09. The molecular weight excluding hydrogens is 222 g/mol. The molecule has 0 saturated carbocycles. The second kappa shape index (κ2) is 5.80. The van der Waals surface area contributed by atoms with Gasteiger partial charge in [0.25, 0.3) is 0 Å². The van der Waals surface area contributed by atoms with Crippen molar-refractivity contribution in [3.8, 4) is 0 Å². The van der Waals surface area contributed by atoms with E-state index in [-0.39, 0.29) is 5.97 Å². The van der Waals surface area contributed by atoms with Crippen LogP contribution < -0.4 is 5.73 Å². The van der Waals surface area contributed by atoms with Crippen LogP contribution in [0.5, 0.6) is 0 Å². The summed E-state index contributed by atoms with van der Waals surface area (Å²) in [5.41, 5.74) is 7.01. The number of hydrogen-bond acceptors (Lipinski definition) is 4. The number of carbonyl (C=O) groups excluding carboxylic acids is 1. The van der Waals surface area contributed by atoms with E-state index in [4.69, 9.17) is 10.5 Å². The lowest BCUT2D eigenvalue weighted by atomic mass is 10.2. The first-order valence-electron chi connectivity index (χ1n) is 5.28. The normalized spacial score (nSPS) is 10.5. The molecule has 0 atom stereocenters. The first kappa shape index (κ1) is 12.9. The first-order chi connectivity index (χ1) is 7.54. The van der Waals surface area contributed by atoms with Crippen molar-refractivity contribution in [2.24, 2.45) is 0 Å². The van der Waals surface area contributed by atoms with Gasteiger partial charge in [0, 0.05) is 15.8 Å². The number of nitrogen functional groups attached to an aromatic ring is 1. The number of hydrogen-bond donors (Lipinski definition) is 1. The van der Waals surface area contributed by atoms with E-state index in [0.29, 0.717) is 23.1 Å². The number of nitrogens with two attached hydrogens (primary N) is 1. The Hall–Kier alpha value is -1.16. The molecule has 0 radical (unpaired) electrons. The smallest absolute Gasteiger partial charge is 0.338 e. The molecule has 0 aliphatic rings. The van der Waals surface area contributed by atoms with Crippen molar-refractivity contribution >= 4 is 23.4 Å². The molecule has 0 saturated heterocycles. The highest BCUT2D eigenvalue weighted by Crippen LogP contribution is 2.29. The average molecular weight is 239 g/mol. The van der Waals surface area contributed by atoms with E-state index in [1.165, 1.54) is 0 Å². The zero-order chi connectivity index (χ0) is 12.1. The van der Waals surface area contributed by atoms with Crippen LogP contribution in [0, 0.1) is 0 Å². The first-order valence-corrected chi connectivity index (χ1v) is 6.15. The van der Waals surface area contributed by atoms with Crippen molar-refractivity contribution in [3.05, 3.63) is 23.8 Å². The summed E-state index contributed by atoms with van der Waals surface area (Å²) in [7, 11) is 0. The van der Waals surface area contributed by atoms with Gasteiger partial charge in [-0.25, -0.2) is 4.79 Å². The maximum absolute atomic E-state index is 11.4. The van der Waals surface area contributed by atoms with Crippen molar-refractivity contribution < 1.29 is 9.53 Å². The quantitative estimate of drug-likeness (QED) is 0.498. The highest BCUT2D eigenvalue weighted by atomic mass is 32.2. The van der Waals surface area contributed by atoms with Crippen LogP contribution in [0.4, 0.5) is 5.69 Å². The molecule has 1 aromatic carbocycles. The molecule has 0 fully saturated rings. The number of anilines is 1. The molecule has 0 aliphatic carbocycles. The third-order valence-electron chi connectivity index (χ3n) is 1.88. The monoisotopic (exact) mass is 239 g/mol. The summed E-state index contributed by atoms with van der Waals surface area (Å²) in [4.78, 5) is 12.4. The van der Waals surface area contributed by atoms with Crippen molar-refractivity contribution in [1.29, 1.82) is 0 Å². The Morgan fingerprint density at radius 3 is 2.69 bits per heavy atom. The van der Waals surface area contributed by atoms with Gasteiger partial charge in [0.05, 0.1) is 12.2 Å². The number of esters is 1. The molecule has 4 heteroatoms. The Morgan fingerprint density at radius 1 is 1.50 bits per heavy atom. The Labute approximate surface area is 100 Å². The number of thioether (sulfide) groups is 1. The van der Waals surface area contributed by atoms with E-state index < -0.39 is 0 Å². The van der Waals surface area contributed by atoms with Gasteiger partial charge in [-0.1, -0.05) is 13.8 Å². The van der Waals surface area contributed by atoms with Crippen LogP contribution in [0.3, 0.4) is 0 Å². The van der Waals surface area contributed by atoms with Gasteiger partial charge >= 0.3 is 5.97 Å². The molecule has 0 aliphatic heterocycles. The fraction of sp³-hybridized carbons (Fsp3) is 0.417. The summed E-state index contributed by atoms with van der Waals surface area (Å²) >= 11 is 1.68. The molecule has 1 rings (SSSR count). The summed E-state index contributed by atoms with van der Waals surface area (Å²) in [5.74, 6) is -0.324. The van der Waals surface area contributed by atoms with E-state index in [9.17, 15) is 4.79 Å². The number of carbonyl (C=O) groups is 1. The lowest BCUT2D eigenvalue weighted by Crippen LogP contribution is -2.05. The fourth-order valence-corrected chi connectivity index (χ4v) is 2.10. The average Bonchev–Trinajstić information content (AvgIpc) is 2.20. The molecule has 0 unspecified atom stereocenters. The Morgan fingerprint density at radius 2 is 2.19 bits per heavy atom. The van der Waals surface area contributed by atoms with Crippen LogP contribution in [-0.2, 0) is 4.74 Å². The van der Waals surface area contributed by atoms with Crippen LogP contribution in [0.2, 0.25) is 0 Å². The summed E-state index contributed by atoms with van der Waals surface area (Å²) in [6.45, 7) is 6.36. The molecule has 0 amide bonds. The minimum Gasteiger partial charge on any atom is -0.462 e. The van der Waals surface area contributed by atoms with E-state index in [2.05, 4.69) is 13.8 Å². The van der Waals surface area contributed by atoms with Crippen molar-refractivity contribution in [2.45, 2.75) is 30.9 Å². The van der Waals surface area contributed by atoms with Gasteiger partial charge in [0.15, 0.2) is 0 Å². The molecule has 0 aromatic heterocycles. The van der Waals surface area contributed by atoms with Gasteiger partial charge in [-0.15, -0.1) is 11.8 Å². The Kier molecular flexibility index (Phi) is 4.68. The van der Waals surface area contributed by atoms with Gasteiger partial charge in [-0.05, 0) is 25.1 Å². The second-order valence-electron chi connectivity index (χ2n) is 3.64. The van der Waals surface area contributed by atoms with Crippen molar-refractivity contribution in [1.82, 2.24) is 0 Å². The SMILES string of the molecule is CCOC(=O)c1ccc(SC(C)C)c(N)c1. The zero-order valence-electron chi connectivity index (χ0n) is 9.82. The minimum atomic E-state index is -0.324. The lowest BCUT2D eigenvalue weighted by molar-refractivity contribution is 0.0526. The minimum absolute atomic E-state index is 0.324. The highest BCUT2D eigenvalue weighted by molar-refractivity contribution is 8.00. The molecule has 0 spiro atoms. The number of ether oxygens (including phenoxy) is 1. The van der Waals surface area contributed by atoms with Crippen molar-refractivity contribution in [3.63, 3.8) is 0 Å². The summed E-state index contributed by atoms with van der Waals surface area (Å²) < 4.78 is 4.90. The fourth-order valence-electron chi connectivity index (χ4n) is 1.25. The summed E-state index contributed by atoms with van der Waals surface area (Å²) in [6.07, 6.45) is 0. The van der Waals surface area contributed by atoms with E-state index in [0.717, 1.165) is 4.90 Å². The van der Waals surface area contributed by atoms with Crippen LogP contribution in [0.15, 0.2) is 23.1 Å².